The summed E-state index contributed by atoms with van der Waals surface area (Å²) in [6.07, 6.45) is 0. The van der Waals surface area contributed by atoms with Crippen LogP contribution in [0, 0.1) is 83.5 Å². The summed E-state index contributed by atoms with van der Waals surface area (Å²) in [6, 6.07) is 0. The van der Waals surface area contributed by atoms with Gasteiger partial charge in [-0.1, -0.05) is 0 Å². The van der Waals surface area contributed by atoms with E-state index in [1.807, 2.05) is 0 Å². The molecule has 0 fully saturated rings. The molecule has 0 saturated heterocycles. The summed E-state index contributed by atoms with van der Waals surface area (Å²) < 4.78 is 0. The van der Waals surface area contributed by atoms with E-state index in [1.165, 1.54) is 0 Å². The van der Waals surface area contributed by atoms with Crippen LogP contribution in [0.5, 0.6) is 0 Å². The normalized spacial score (nSPS) is 0. The fraction of sp³-hybridized carbons (Fsp3) is 0. The molecule has 4 heteroatoms. The van der Waals surface area contributed by atoms with Crippen molar-refractivity contribution >= 4 is 0 Å². The van der Waals surface area contributed by atoms with Crippen molar-refractivity contribution in [2.24, 2.45) is 0 Å². The maximum absolute atomic E-state index is 0. The van der Waals surface area contributed by atoms with E-state index < -0.39 is 0 Å². The van der Waals surface area contributed by atoms with Crippen LogP contribution in [0.2, 0.25) is 0 Å². The summed E-state index contributed by atoms with van der Waals surface area (Å²) in [7, 11) is 0. The molecule has 2 radical (unpaired) electrons. The van der Waals surface area contributed by atoms with E-state index in [1.54, 1.807) is 0 Å². The average Bonchev–Trinajstić information content (AvgIpc) is 0. The van der Waals surface area contributed by atoms with Gasteiger partial charge in [-0.15, -0.1) is 0 Å². The molecule has 18 valence electrons. The average molecular weight is 534 g/mol. The Labute approximate surface area is 127 Å². The van der Waals surface area contributed by atoms with Crippen LogP contribution >= 0.6 is 0 Å². The molecule has 0 aromatic heterocycles. The van der Waals surface area contributed by atoms with Crippen LogP contribution in [-0.2, 0) is 0 Å². The largest absolute Gasteiger partial charge is 3.00 e. The molecule has 0 aliphatic heterocycles. The van der Waals surface area contributed by atoms with Gasteiger partial charge in [-0.2, -0.15) is 0 Å². The molecule has 0 aromatic rings. The molecule has 0 nitrogen and oxygen atoms in total. The van der Waals surface area contributed by atoms with Gasteiger partial charge in [0, 0.05) is 0 Å². The van der Waals surface area contributed by atoms with Crippen LogP contribution in [-0.4, -0.2) is 0 Å². The van der Waals surface area contributed by atoms with E-state index in [0.717, 1.165) is 0 Å². The van der Waals surface area contributed by atoms with E-state index >= 15 is 0 Å². The minimum atomic E-state index is 0. The predicted molar refractivity (Wildman–Crippen MR) is 0 cm³/mol. The van der Waals surface area contributed by atoms with Crippen LogP contribution in [0.25, 0.3) is 0 Å². The molecular formula is Ce2I2+4. The number of rotatable bonds is 0. The first-order valence-electron chi connectivity index (χ1n) is 0. The van der Waals surface area contributed by atoms with Crippen molar-refractivity contribution in [1.29, 1.82) is 0 Å². The summed E-state index contributed by atoms with van der Waals surface area (Å²) in [5.41, 5.74) is 0. The smallest absolute Gasteiger partial charge is 1.00 e. The Morgan fingerprint density at radius 3 is 0.500 bits per heavy atom. The quantitative estimate of drug-likeness (QED) is 0.272. The van der Waals surface area contributed by atoms with Gasteiger partial charge in [-0.3, -0.25) is 0 Å². The Morgan fingerprint density at radius 2 is 0.500 bits per heavy atom. The monoisotopic (exact) mass is 534 g/mol. The molecule has 0 spiro atoms. The second-order valence-corrected chi connectivity index (χ2v) is 0. The molecule has 0 amide bonds. The van der Waals surface area contributed by atoms with Crippen LogP contribution in [0.4, 0.5) is 0 Å². The summed E-state index contributed by atoms with van der Waals surface area (Å²) in [5, 5.41) is 0. The molecule has 0 rings (SSSR count). The first kappa shape index (κ1) is 24.1. The first-order chi connectivity index (χ1) is 0. The molecular weight excluding hydrogens is 534 g/mol. The van der Waals surface area contributed by atoms with Gasteiger partial charge in [0.2, 0.25) is 0 Å². The predicted octanol–water partition coefficient (Wildman–Crippen LogP) is -5.99. The zero-order valence-corrected chi connectivity index (χ0v) is 12.4. The Hall–Kier alpha value is 4.21. The fourth-order valence-electron chi connectivity index (χ4n) is 0. The zero-order chi connectivity index (χ0) is 0. The van der Waals surface area contributed by atoms with E-state index in [-0.39, 0.29) is 131 Å². The third kappa shape index (κ3) is 9.51. The standard InChI is InChI=1S/2Ce.2HI/h;;2*1H/q2*+3;;/p-2. The third-order valence-corrected chi connectivity index (χ3v) is 0. The molecule has 0 aromatic carbocycles. The molecule has 0 atom stereocenters. The molecule has 0 bridgehead atoms. The Bertz CT molecular complexity index is 4.00. The molecule has 0 aliphatic rings. The summed E-state index contributed by atoms with van der Waals surface area (Å²) >= 11 is 0. The molecule has 0 unspecified atom stereocenters. The van der Waals surface area contributed by atoms with Crippen LogP contribution in [0.3, 0.4) is 0 Å². The summed E-state index contributed by atoms with van der Waals surface area (Å²) in [5.74, 6) is 0. The fourth-order valence-corrected chi connectivity index (χ4v) is 0. The Balaban J connectivity index is 0. The van der Waals surface area contributed by atoms with E-state index in [0.29, 0.717) is 0 Å². The second-order valence-electron chi connectivity index (χ2n) is 0. The van der Waals surface area contributed by atoms with Gasteiger partial charge in [0.25, 0.3) is 0 Å². The second kappa shape index (κ2) is 15.7. The molecule has 4 heavy (non-hydrogen) atoms. The van der Waals surface area contributed by atoms with Crippen molar-refractivity contribution in [3.63, 3.8) is 0 Å². The summed E-state index contributed by atoms with van der Waals surface area (Å²) in [4.78, 5) is 0. The Morgan fingerprint density at radius 1 is 0.500 bits per heavy atom. The molecule has 0 saturated carbocycles. The van der Waals surface area contributed by atoms with Crippen molar-refractivity contribution in [2.75, 3.05) is 0 Å². The van der Waals surface area contributed by atoms with E-state index in [2.05, 4.69) is 0 Å². The van der Waals surface area contributed by atoms with Crippen molar-refractivity contribution in [3.8, 4) is 0 Å². The number of hydrogen-bond donors (Lipinski definition) is 0. The van der Waals surface area contributed by atoms with Gasteiger partial charge < -0.3 is 48.0 Å². The topological polar surface area (TPSA) is 0 Å². The minimum Gasteiger partial charge on any atom is -1.00 e. The van der Waals surface area contributed by atoms with Crippen molar-refractivity contribution in [2.45, 2.75) is 0 Å². The van der Waals surface area contributed by atoms with Crippen LogP contribution in [0.1, 0.15) is 0 Å². The van der Waals surface area contributed by atoms with Crippen molar-refractivity contribution in [3.05, 3.63) is 0 Å². The van der Waals surface area contributed by atoms with E-state index in [9.17, 15) is 0 Å². The molecule has 0 aliphatic carbocycles. The maximum Gasteiger partial charge on any atom is 3.00 e. The van der Waals surface area contributed by atoms with Gasteiger partial charge >= 0.3 is 83.5 Å². The van der Waals surface area contributed by atoms with Crippen LogP contribution < -0.4 is 48.0 Å². The maximum atomic E-state index is 0. The van der Waals surface area contributed by atoms with Gasteiger partial charge in [0.05, 0.1) is 0 Å². The van der Waals surface area contributed by atoms with Crippen molar-refractivity contribution < 1.29 is 131 Å². The third-order valence-electron chi connectivity index (χ3n) is 0. The van der Waals surface area contributed by atoms with Crippen molar-refractivity contribution in [1.82, 2.24) is 0 Å². The van der Waals surface area contributed by atoms with Gasteiger partial charge in [0.15, 0.2) is 0 Å². The van der Waals surface area contributed by atoms with Gasteiger partial charge in [0.1, 0.15) is 0 Å². The zero-order valence-electron chi connectivity index (χ0n) is 1.76. The number of halogens is 2. The minimum absolute atomic E-state index is 0. The van der Waals surface area contributed by atoms with Gasteiger partial charge in [-0.05, 0) is 0 Å². The molecule has 0 heterocycles. The number of hydrogen-bond acceptors (Lipinski definition) is 0. The van der Waals surface area contributed by atoms with Gasteiger partial charge in [-0.25, -0.2) is 0 Å². The SMILES string of the molecule is [Ce+3].[Ce+3].[I-].[I-]. The van der Waals surface area contributed by atoms with Crippen LogP contribution in [0.15, 0.2) is 0 Å². The van der Waals surface area contributed by atoms with E-state index in [4.69, 9.17) is 0 Å². The molecule has 0 N–H and O–H groups in total. The first-order valence-corrected chi connectivity index (χ1v) is 0. The Kier molecular flexibility index (Phi) is 94.4. The summed E-state index contributed by atoms with van der Waals surface area (Å²) in [6.45, 7) is 0.